The lowest BCUT2D eigenvalue weighted by Gasteiger charge is -2.39. The van der Waals surface area contributed by atoms with Crippen LogP contribution in [0.25, 0.3) is 0 Å². The van der Waals surface area contributed by atoms with E-state index < -0.39 is 6.10 Å². The van der Waals surface area contributed by atoms with Gasteiger partial charge in [0.1, 0.15) is 6.10 Å². The molecular formula is C31H43NO2. The Bertz CT molecular complexity index is 1090. The van der Waals surface area contributed by atoms with E-state index in [9.17, 15) is 5.11 Å². The molecule has 0 saturated heterocycles. The molecular weight excluding hydrogens is 418 g/mol. The van der Waals surface area contributed by atoms with Crippen LogP contribution in [-0.4, -0.2) is 10.1 Å². The van der Waals surface area contributed by atoms with E-state index in [2.05, 4.69) is 79.7 Å². The van der Waals surface area contributed by atoms with Crippen LogP contribution in [0.1, 0.15) is 138 Å². The summed E-state index contributed by atoms with van der Waals surface area (Å²) < 4.78 is 7.21. The summed E-state index contributed by atoms with van der Waals surface area (Å²) in [6.07, 6.45) is 4.48. The highest BCUT2D eigenvalue weighted by atomic mass is 16.5. The number of benzene rings is 1. The van der Waals surface area contributed by atoms with Crippen molar-refractivity contribution in [2.45, 2.75) is 117 Å². The molecule has 1 saturated carbocycles. The van der Waals surface area contributed by atoms with Gasteiger partial charge < -0.3 is 9.84 Å². The van der Waals surface area contributed by atoms with E-state index in [0.29, 0.717) is 11.8 Å². The quantitative estimate of drug-likeness (QED) is 0.499. The van der Waals surface area contributed by atoms with Gasteiger partial charge in [0.15, 0.2) is 0 Å². The minimum Gasteiger partial charge on any atom is -0.388 e. The second kappa shape index (κ2) is 7.90. The topological polar surface area (TPSA) is 42.4 Å². The molecule has 3 heteroatoms. The number of hydrogen-bond acceptors (Lipinski definition) is 3. The molecule has 1 aromatic heterocycles. The van der Waals surface area contributed by atoms with Gasteiger partial charge in [0.25, 0.3) is 0 Å². The SMILES string of the molecule is CC(C)c1nc2c(c3c1C(c1ccc(C(C)(C)C)cc1)OC31CCCC1C)C(O)CC(C)(C)C2. The van der Waals surface area contributed by atoms with Crippen molar-refractivity contribution in [2.75, 3.05) is 0 Å². The van der Waals surface area contributed by atoms with Gasteiger partial charge in [-0.05, 0) is 71.5 Å². The van der Waals surface area contributed by atoms with Crippen molar-refractivity contribution in [3.63, 3.8) is 0 Å². The molecule has 1 aromatic carbocycles. The third-order valence-electron chi connectivity index (χ3n) is 8.73. The van der Waals surface area contributed by atoms with Crippen molar-refractivity contribution >= 4 is 0 Å². The number of nitrogens with zero attached hydrogens (tertiary/aromatic N) is 1. The van der Waals surface area contributed by atoms with E-state index in [4.69, 9.17) is 9.72 Å². The second-order valence-electron chi connectivity index (χ2n) is 13.4. The van der Waals surface area contributed by atoms with Crippen LogP contribution in [0.15, 0.2) is 24.3 Å². The van der Waals surface area contributed by atoms with Crippen LogP contribution in [0.2, 0.25) is 0 Å². The van der Waals surface area contributed by atoms with Crippen molar-refractivity contribution in [2.24, 2.45) is 11.3 Å². The molecule has 1 N–H and O–H groups in total. The molecule has 3 aliphatic rings. The third kappa shape index (κ3) is 3.66. The number of aliphatic hydroxyl groups is 1. The summed E-state index contributed by atoms with van der Waals surface area (Å²) in [5.41, 5.74) is 8.33. The molecule has 0 amide bonds. The standard InChI is InChI=1S/C31H43NO2/c1-18(2)27-25-26(24-22(32-27)16-30(7,8)17-23(24)33)31(15-9-10-19(31)3)34-28(25)20-11-13-21(14-12-20)29(4,5)6/h11-14,18-19,23,28,33H,9-10,15-17H2,1-8H3. The van der Waals surface area contributed by atoms with Gasteiger partial charge in [0.2, 0.25) is 0 Å². The van der Waals surface area contributed by atoms with Crippen LogP contribution in [-0.2, 0) is 22.2 Å². The molecule has 3 nitrogen and oxygen atoms in total. The van der Waals surface area contributed by atoms with E-state index in [1.165, 1.54) is 40.8 Å². The molecule has 4 atom stereocenters. The number of rotatable bonds is 2. The van der Waals surface area contributed by atoms with Gasteiger partial charge in [-0.15, -0.1) is 0 Å². The number of ether oxygens (including phenoxy) is 1. The summed E-state index contributed by atoms with van der Waals surface area (Å²) in [7, 11) is 0. The van der Waals surface area contributed by atoms with E-state index in [1.54, 1.807) is 0 Å². The fourth-order valence-corrected chi connectivity index (χ4v) is 6.91. The highest BCUT2D eigenvalue weighted by Crippen LogP contribution is 2.61. The molecule has 0 radical (unpaired) electrons. The molecule has 0 bridgehead atoms. The summed E-state index contributed by atoms with van der Waals surface area (Å²) in [5.74, 6) is 0.729. The average Bonchev–Trinajstić information content (AvgIpc) is 3.27. The van der Waals surface area contributed by atoms with E-state index in [1.807, 2.05) is 0 Å². The van der Waals surface area contributed by atoms with Crippen molar-refractivity contribution in [3.05, 3.63) is 63.5 Å². The first-order chi connectivity index (χ1) is 15.8. The van der Waals surface area contributed by atoms with Crippen LogP contribution >= 0.6 is 0 Å². The van der Waals surface area contributed by atoms with Gasteiger partial charge in [-0.1, -0.05) is 79.7 Å². The predicted octanol–water partition coefficient (Wildman–Crippen LogP) is 7.64. The number of hydrogen-bond donors (Lipinski definition) is 1. The van der Waals surface area contributed by atoms with E-state index in [-0.39, 0.29) is 22.5 Å². The van der Waals surface area contributed by atoms with Crippen molar-refractivity contribution < 1.29 is 9.84 Å². The Kier molecular flexibility index (Phi) is 5.58. The summed E-state index contributed by atoms with van der Waals surface area (Å²) in [6, 6.07) is 9.05. The molecule has 2 aromatic rings. The minimum absolute atomic E-state index is 0.0536. The third-order valence-corrected chi connectivity index (χ3v) is 8.73. The molecule has 4 unspecified atom stereocenters. The van der Waals surface area contributed by atoms with Crippen LogP contribution in [0.5, 0.6) is 0 Å². The lowest BCUT2D eigenvalue weighted by Crippen LogP contribution is -2.34. The Morgan fingerprint density at radius 2 is 1.76 bits per heavy atom. The first kappa shape index (κ1) is 24.0. The molecule has 1 spiro atoms. The summed E-state index contributed by atoms with van der Waals surface area (Å²) in [6.45, 7) is 18.1. The Hall–Kier alpha value is -1.71. The van der Waals surface area contributed by atoms with Crippen molar-refractivity contribution in [3.8, 4) is 0 Å². The minimum atomic E-state index is -0.475. The molecule has 184 valence electrons. The largest absolute Gasteiger partial charge is 0.388 e. The lowest BCUT2D eigenvalue weighted by atomic mass is 9.69. The first-order valence-electron chi connectivity index (χ1n) is 13.4. The molecule has 2 aliphatic carbocycles. The first-order valence-corrected chi connectivity index (χ1v) is 13.4. The molecule has 1 aliphatic heterocycles. The van der Waals surface area contributed by atoms with Gasteiger partial charge in [-0.25, -0.2) is 0 Å². The zero-order valence-electron chi connectivity index (χ0n) is 22.5. The number of aliphatic hydroxyl groups excluding tert-OH is 1. The fraction of sp³-hybridized carbons (Fsp3) is 0.645. The molecule has 2 heterocycles. The van der Waals surface area contributed by atoms with Crippen LogP contribution in [0.4, 0.5) is 0 Å². The second-order valence-corrected chi connectivity index (χ2v) is 13.4. The average molecular weight is 462 g/mol. The van der Waals surface area contributed by atoms with Gasteiger partial charge in [0.05, 0.1) is 11.7 Å². The summed E-state index contributed by atoms with van der Waals surface area (Å²) >= 11 is 0. The van der Waals surface area contributed by atoms with Gasteiger partial charge in [-0.3, -0.25) is 4.98 Å². The summed E-state index contributed by atoms with van der Waals surface area (Å²) in [5, 5.41) is 11.5. The number of fused-ring (bicyclic) bond motifs is 4. The molecule has 5 rings (SSSR count). The summed E-state index contributed by atoms with van der Waals surface area (Å²) in [4.78, 5) is 5.30. The van der Waals surface area contributed by atoms with Crippen LogP contribution < -0.4 is 0 Å². The lowest BCUT2D eigenvalue weighted by molar-refractivity contribution is -0.0842. The van der Waals surface area contributed by atoms with Gasteiger partial charge in [0, 0.05) is 22.5 Å². The smallest absolute Gasteiger partial charge is 0.111 e. The predicted molar refractivity (Wildman–Crippen MR) is 138 cm³/mol. The Balaban J connectivity index is 1.76. The zero-order chi connectivity index (χ0) is 24.6. The molecule has 1 fully saturated rings. The zero-order valence-corrected chi connectivity index (χ0v) is 22.5. The highest BCUT2D eigenvalue weighted by molar-refractivity contribution is 5.55. The number of aromatic nitrogens is 1. The van der Waals surface area contributed by atoms with Crippen molar-refractivity contribution in [1.82, 2.24) is 4.98 Å². The van der Waals surface area contributed by atoms with Crippen LogP contribution in [0.3, 0.4) is 0 Å². The van der Waals surface area contributed by atoms with Crippen LogP contribution in [0, 0.1) is 11.3 Å². The Morgan fingerprint density at radius 1 is 1.09 bits per heavy atom. The maximum Gasteiger partial charge on any atom is 0.111 e. The monoisotopic (exact) mass is 461 g/mol. The Morgan fingerprint density at radius 3 is 2.32 bits per heavy atom. The fourth-order valence-electron chi connectivity index (χ4n) is 6.91. The Labute approximate surface area is 206 Å². The van der Waals surface area contributed by atoms with E-state index >= 15 is 0 Å². The normalized spacial score (nSPS) is 30.1. The van der Waals surface area contributed by atoms with E-state index in [0.717, 1.165) is 30.5 Å². The van der Waals surface area contributed by atoms with Gasteiger partial charge >= 0.3 is 0 Å². The highest BCUT2D eigenvalue weighted by Gasteiger charge is 2.55. The van der Waals surface area contributed by atoms with Gasteiger partial charge in [-0.2, -0.15) is 0 Å². The van der Waals surface area contributed by atoms with Crippen molar-refractivity contribution in [1.29, 1.82) is 0 Å². The molecule has 34 heavy (non-hydrogen) atoms. The number of pyridine rings is 1. The maximum absolute atomic E-state index is 11.5. The maximum atomic E-state index is 11.5.